The fraction of sp³-hybridized carbons (Fsp3) is 0.304. The van der Waals surface area contributed by atoms with Gasteiger partial charge in [0, 0.05) is 19.5 Å². The largest absolute Gasteiger partial charge is 0.481 e. The predicted molar refractivity (Wildman–Crippen MR) is 116 cm³/mol. The molecule has 168 valence electrons. The maximum absolute atomic E-state index is 12.1. The molecule has 2 aromatic carbocycles. The number of ether oxygens (including phenoxy) is 1. The third-order valence-corrected chi connectivity index (χ3v) is 5.26. The molecular formula is C23H25N3O6. The molecule has 3 N–H and O–H groups in total. The molecule has 0 saturated carbocycles. The number of carbonyl (C=O) groups is 4. The van der Waals surface area contributed by atoms with Gasteiger partial charge in [-0.3, -0.25) is 14.4 Å². The van der Waals surface area contributed by atoms with Crippen LogP contribution in [0.5, 0.6) is 0 Å². The minimum atomic E-state index is -1.01. The van der Waals surface area contributed by atoms with Gasteiger partial charge in [-0.1, -0.05) is 48.5 Å². The average molecular weight is 439 g/mol. The lowest BCUT2D eigenvalue weighted by molar-refractivity contribution is -0.138. The molecule has 0 radical (unpaired) electrons. The van der Waals surface area contributed by atoms with Crippen molar-refractivity contribution >= 4 is 23.9 Å². The Labute approximate surface area is 185 Å². The Morgan fingerprint density at radius 3 is 2.12 bits per heavy atom. The van der Waals surface area contributed by atoms with Crippen LogP contribution in [0.15, 0.2) is 48.5 Å². The van der Waals surface area contributed by atoms with Gasteiger partial charge in [-0.2, -0.15) is 0 Å². The van der Waals surface area contributed by atoms with Gasteiger partial charge in [-0.15, -0.1) is 0 Å². The zero-order valence-corrected chi connectivity index (χ0v) is 17.7. The second kappa shape index (κ2) is 10.4. The summed E-state index contributed by atoms with van der Waals surface area (Å²) in [6.45, 7) is -0.458. The molecule has 32 heavy (non-hydrogen) atoms. The number of nitrogens with one attached hydrogen (secondary N) is 2. The number of fused-ring (bicyclic) bond motifs is 3. The highest BCUT2D eigenvalue weighted by Crippen LogP contribution is 2.44. The zero-order chi connectivity index (χ0) is 23.1. The summed E-state index contributed by atoms with van der Waals surface area (Å²) in [6.07, 6.45) is -0.911. The van der Waals surface area contributed by atoms with Crippen LogP contribution < -0.4 is 10.6 Å². The maximum atomic E-state index is 12.1. The van der Waals surface area contributed by atoms with Crippen LogP contribution in [-0.4, -0.2) is 67.2 Å². The number of carbonyl (C=O) groups excluding carboxylic acids is 3. The van der Waals surface area contributed by atoms with Gasteiger partial charge in [0.25, 0.3) is 0 Å². The summed E-state index contributed by atoms with van der Waals surface area (Å²) in [7, 11) is 1.45. The SMILES string of the molecule is CN(CCC(=O)O)C(=O)CNC(=O)CNC(=O)OCC1c2ccccc2-c2ccccc21. The molecule has 1 aliphatic carbocycles. The predicted octanol–water partition coefficient (Wildman–Crippen LogP) is 1.57. The number of amides is 3. The first kappa shape index (κ1) is 22.8. The number of alkyl carbamates (subject to hydrolysis) is 1. The zero-order valence-electron chi connectivity index (χ0n) is 17.7. The number of nitrogens with zero attached hydrogens (tertiary/aromatic N) is 1. The highest BCUT2D eigenvalue weighted by molar-refractivity contribution is 5.87. The van der Waals surface area contributed by atoms with E-state index >= 15 is 0 Å². The summed E-state index contributed by atoms with van der Waals surface area (Å²) in [6, 6.07) is 15.9. The van der Waals surface area contributed by atoms with Crippen LogP contribution in [0.4, 0.5) is 4.79 Å². The van der Waals surface area contributed by atoms with Crippen LogP contribution in [0, 0.1) is 0 Å². The third-order valence-electron chi connectivity index (χ3n) is 5.26. The van der Waals surface area contributed by atoms with E-state index in [4.69, 9.17) is 9.84 Å². The van der Waals surface area contributed by atoms with Crippen LogP contribution in [0.25, 0.3) is 11.1 Å². The molecule has 9 heteroatoms. The molecule has 0 atom stereocenters. The summed E-state index contributed by atoms with van der Waals surface area (Å²) in [5.41, 5.74) is 4.42. The number of benzene rings is 2. The van der Waals surface area contributed by atoms with E-state index in [1.807, 2.05) is 48.5 Å². The van der Waals surface area contributed by atoms with Gasteiger partial charge in [0.1, 0.15) is 13.2 Å². The molecule has 3 amide bonds. The lowest BCUT2D eigenvalue weighted by Gasteiger charge is -2.16. The van der Waals surface area contributed by atoms with E-state index in [1.165, 1.54) is 11.9 Å². The second-order valence-corrected chi connectivity index (χ2v) is 7.41. The third kappa shape index (κ3) is 5.63. The standard InChI is InChI=1S/C23H25N3O6/c1-26(11-10-22(29)30)21(28)13-24-20(27)12-25-23(31)32-14-19-17-8-4-2-6-15(17)16-7-3-5-9-18(16)19/h2-9,19H,10-14H2,1H3,(H,24,27)(H,25,31)(H,29,30). The monoisotopic (exact) mass is 439 g/mol. The first-order valence-electron chi connectivity index (χ1n) is 10.2. The van der Waals surface area contributed by atoms with Crippen LogP contribution >= 0.6 is 0 Å². The minimum absolute atomic E-state index is 0.0437. The number of hydrogen-bond acceptors (Lipinski definition) is 5. The van der Waals surface area contributed by atoms with Crippen LogP contribution in [0.2, 0.25) is 0 Å². The van der Waals surface area contributed by atoms with Crippen LogP contribution in [0.1, 0.15) is 23.5 Å². The molecule has 0 unspecified atom stereocenters. The topological polar surface area (TPSA) is 125 Å². The Balaban J connectivity index is 1.43. The van der Waals surface area contributed by atoms with E-state index in [1.54, 1.807) is 0 Å². The summed E-state index contributed by atoms with van der Waals surface area (Å²) < 4.78 is 5.35. The Kier molecular flexibility index (Phi) is 7.43. The normalized spacial score (nSPS) is 11.8. The quantitative estimate of drug-likeness (QED) is 0.545. The molecule has 9 nitrogen and oxygen atoms in total. The molecule has 1 aliphatic rings. The van der Waals surface area contributed by atoms with Crippen molar-refractivity contribution in [2.24, 2.45) is 0 Å². The average Bonchev–Trinajstić information content (AvgIpc) is 3.11. The lowest BCUT2D eigenvalue weighted by Crippen LogP contribution is -2.43. The van der Waals surface area contributed by atoms with E-state index in [0.717, 1.165) is 22.3 Å². The van der Waals surface area contributed by atoms with E-state index < -0.39 is 23.9 Å². The molecule has 0 bridgehead atoms. The van der Waals surface area contributed by atoms with Gasteiger partial charge >= 0.3 is 12.1 Å². The Bertz CT molecular complexity index is 977. The number of rotatable bonds is 9. The van der Waals surface area contributed by atoms with Gasteiger partial charge in [0.15, 0.2) is 0 Å². The van der Waals surface area contributed by atoms with E-state index in [0.29, 0.717) is 0 Å². The first-order chi connectivity index (χ1) is 15.4. The fourth-order valence-electron chi connectivity index (χ4n) is 3.56. The van der Waals surface area contributed by atoms with Gasteiger partial charge in [-0.05, 0) is 22.3 Å². The summed E-state index contributed by atoms with van der Waals surface area (Å²) >= 11 is 0. The summed E-state index contributed by atoms with van der Waals surface area (Å²) in [5.74, 6) is -2.08. The molecular weight excluding hydrogens is 414 g/mol. The summed E-state index contributed by atoms with van der Waals surface area (Å²) in [5, 5.41) is 13.4. The molecule has 0 aromatic heterocycles. The van der Waals surface area contributed by atoms with Gasteiger partial charge in [0.05, 0.1) is 13.0 Å². The van der Waals surface area contributed by atoms with Gasteiger partial charge in [0.2, 0.25) is 11.8 Å². The Morgan fingerprint density at radius 1 is 0.938 bits per heavy atom. The molecule has 3 rings (SSSR count). The molecule has 0 aliphatic heterocycles. The molecule has 2 aromatic rings. The number of carboxylic acids is 1. The van der Waals surface area contributed by atoms with Gasteiger partial charge in [-0.25, -0.2) is 4.79 Å². The van der Waals surface area contributed by atoms with Crippen molar-refractivity contribution in [3.63, 3.8) is 0 Å². The highest BCUT2D eigenvalue weighted by atomic mass is 16.5. The number of aliphatic carboxylic acids is 1. The number of carboxylic acid groups (broad SMARTS) is 1. The van der Waals surface area contributed by atoms with Crippen molar-refractivity contribution < 1.29 is 29.0 Å². The number of likely N-dealkylation sites (N-methyl/N-ethyl adjacent to an activating group) is 1. The highest BCUT2D eigenvalue weighted by Gasteiger charge is 2.29. The van der Waals surface area contributed by atoms with Crippen molar-refractivity contribution in [3.8, 4) is 11.1 Å². The van der Waals surface area contributed by atoms with Crippen molar-refractivity contribution in [1.82, 2.24) is 15.5 Å². The Hall–Kier alpha value is -3.88. The van der Waals surface area contributed by atoms with E-state index in [-0.39, 0.29) is 38.6 Å². The molecule has 0 spiro atoms. The van der Waals surface area contributed by atoms with E-state index in [9.17, 15) is 19.2 Å². The van der Waals surface area contributed by atoms with Crippen molar-refractivity contribution in [2.45, 2.75) is 12.3 Å². The molecule has 0 saturated heterocycles. The van der Waals surface area contributed by atoms with Gasteiger partial charge < -0.3 is 25.4 Å². The first-order valence-corrected chi connectivity index (χ1v) is 10.2. The second-order valence-electron chi connectivity index (χ2n) is 7.41. The minimum Gasteiger partial charge on any atom is -0.481 e. The van der Waals surface area contributed by atoms with Crippen molar-refractivity contribution in [2.75, 3.05) is 33.3 Å². The van der Waals surface area contributed by atoms with Crippen LogP contribution in [-0.2, 0) is 19.1 Å². The van der Waals surface area contributed by atoms with Crippen molar-refractivity contribution in [3.05, 3.63) is 59.7 Å². The molecule has 0 heterocycles. The summed E-state index contributed by atoms with van der Waals surface area (Å²) in [4.78, 5) is 47.6. The van der Waals surface area contributed by atoms with Crippen LogP contribution in [0.3, 0.4) is 0 Å². The molecule has 0 fully saturated rings. The Morgan fingerprint density at radius 2 is 1.53 bits per heavy atom. The lowest BCUT2D eigenvalue weighted by atomic mass is 9.98. The smallest absolute Gasteiger partial charge is 0.407 e. The van der Waals surface area contributed by atoms with E-state index in [2.05, 4.69) is 10.6 Å². The van der Waals surface area contributed by atoms with Crippen molar-refractivity contribution in [1.29, 1.82) is 0 Å². The fourth-order valence-corrected chi connectivity index (χ4v) is 3.56. The number of hydrogen-bond donors (Lipinski definition) is 3. The maximum Gasteiger partial charge on any atom is 0.407 e.